The molecule has 1 saturated heterocycles. The summed E-state index contributed by atoms with van der Waals surface area (Å²) >= 11 is 0. The Morgan fingerprint density at radius 2 is 2.06 bits per heavy atom. The van der Waals surface area contributed by atoms with Crippen molar-refractivity contribution in [1.29, 1.82) is 0 Å². The van der Waals surface area contributed by atoms with E-state index in [1.165, 1.54) is 0 Å². The lowest BCUT2D eigenvalue weighted by Gasteiger charge is -2.19. The van der Waals surface area contributed by atoms with Crippen LogP contribution in [0.15, 0.2) is 6.20 Å². The van der Waals surface area contributed by atoms with Crippen molar-refractivity contribution in [2.45, 2.75) is 32.8 Å². The van der Waals surface area contributed by atoms with Crippen molar-refractivity contribution in [3.05, 3.63) is 17.6 Å². The molecule has 1 N–H and O–H groups in total. The molecule has 2 aliphatic rings. The van der Waals surface area contributed by atoms with E-state index in [4.69, 9.17) is 0 Å². The second-order valence-corrected chi connectivity index (χ2v) is 5.37. The first-order valence-corrected chi connectivity index (χ1v) is 6.38. The lowest BCUT2D eigenvalue weighted by molar-refractivity contribution is 0.133. The summed E-state index contributed by atoms with van der Waals surface area (Å²) in [5.74, 6) is 2.06. The molecule has 1 aliphatic heterocycles. The Balaban J connectivity index is 1.80. The Hall–Kier alpha value is -1.16. The van der Waals surface area contributed by atoms with Crippen LogP contribution in [-0.4, -0.2) is 34.3 Å². The van der Waals surface area contributed by atoms with Gasteiger partial charge >= 0.3 is 0 Å². The maximum atomic E-state index is 9.90. The molecule has 3 unspecified atom stereocenters. The normalized spacial score (nSPS) is 31.9. The van der Waals surface area contributed by atoms with E-state index < -0.39 is 0 Å². The average molecular weight is 233 g/mol. The summed E-state index contributed by atoms with van der Waals surface area (Å²) in [4.78, 5) is 11.2. The highest BCUT2D eigenvalue weighted by Crippen LogP contribution is 2.39. The molecule has 92 valence electrons. The lowest BCUT2D eigenvalue weighted by Crippen LogP contribution is -2.25. The van der Waals surface area contributed by atoms with E-state index in [1.54, 1.807) is 0 Å². The Morgan fingerprint density at radius 1 is 1.24 bits per heavy atom. The van der Waals surface area contributed by atoms with Crippen LogP contribution >= 0.6 is 0 Å². The van der Waals surface area contributed by atoms with E-state index in [1.807, 2.05) is 20.0 Å². The van der Waals surface area contributed by atoms with Crippen molar-refractivity contribution in [3.63, 3.8) is 0 Å². The number of hydrogen-bond acceptors (Lipinski definition) is 4. The molecule has 0 aromatic carbocycles. The van der Waals surface area contributed by atoms with Gasteiger partial charge in [-0.3, -0.25) is 4.98 Å². The van der Waals surface area contributed by atoms with Crippen LogP contribution in [0.1, 0.15) is 24.2 Å². The Labute approximate surface area is 102 Å². The zero-order valence-electron chi connectivity index (χ0n) is 10.4. The van der Waals surface area contributed by atoms with Gasteiger partial charge in [0.1, 0.15) is 5.82 Å². The fourth-order valence-corrected chi connectivity index (χ4v) is 3.11. The topological polar surface area (TPSA) is 49.2 Å². The fourth-order valence-electron chi connectivity index (χ4n) is 3.11. The number of aryl methyl sites for hydroxylation is 2. The van der Waals surface area contributed by atoms with Gasteiger partial charge in [0.15, 0.2) is 0 Å². The van der Waals surface area contributed by atoms with Crippen LogP contribution in [0.5, 0.6) is 0 Å². The molecule has 3 rings (SSSR count). The first kappa shape index (κ1) is 11.0. The number of fused-ring (bicyclic) bond motifs is 1. The highest BCUT2D eigenvalue weighted by atomic mass is 16.3. The van der Waals surface area contributed by atoms with E-state index in [0.717, 1.165) is 43.1 Å². The summed E-state index contributed by atoms with van der Waals surface area (Å²) < 4.78 is 0. The highest BCUT2D eigenvalue weighted by Gasteiger charge is 2.42. The molecule has 0 bridgehead atoms. The molecular weight excluding hydrogens is 214 g/mol. The standard InChI is InChI=1S/C13H19N3O/c1-8-9(2)15-13(5-14-8)16-6-10-3-4-12(17)11(10)7-16/h5,10-12,17H,3-4,6-7H2,1-2H3. The first-order chi connectivity index (χ1) is 8.15. The summed E-state index contributed by atoms with van der Waals surface area (Å²) in [6.45, 7) is 5.94. The van der Waals surface area contributed by atoms with Gasteiger partial charge in [-0.05, 0) is 32.6 Å². The molecule has 2 heterocycles. The van der Waals surface area contributed by atoms with E-state index in [2.05, 4.69) is 14.9 Å². The van der Waals surface area contributed by atoms with Crippen molar-refractivity contribution in [2.75, 3.05) is 18.0 Å². The molecule has 0 radical (unpaired) electrons. The van der Waals surface area contributed by atoms with Crippen LogP contribution in [0.2, 0.25) is 0 Å². The second kappa shape index (κ2) is 3.95. The van der Waals surface area contributed by atoms with Crippen molar-refractivity contribution in [3.8, 4) is 0 Å². The fraction of sp³-hybridized carbons (Fsp3) is 0.692. The zero-order chi connectivity index (χ0) is 12.0. The van der Waals surface area contributed by atoms with Crippen LogP contribution in [-0.2, 0) is 0 Å². The molecule has 1 saturated carbocycles. The molecule has 1 aromatic heterocycles. The number of aliphatic hydroxyl groups is 1. The van der Waals surface area contributed by atoms with Crippen molar-refractivity contribution in [2.24, 2.45) is 11.8 Å². The summed E-state index contributed by atoms with van der Waals surface area (Å²) in [5.41, 5.74) is 1.99. The number of anilines is 1. The number of hydrogen-bond donors (Lipinski definition) is 1. The Bertz CT molecular complexity index is 435. The summed E-state index contributed by atoms with van der Waals surface area (Å²) in [7, 11) is 0. The third-order valence-corrected chi connectivity index (χ3v) is 4.32. The van der Waals surface area contributed by atoms with Gasteiger partial charge in [0.05, 0.1) is 23.7 Å². The molecule has 0 amide bonds. The molecule has 1 aliphatic carbocycles. The largest absolute Gasteiger partial charge is 0.393 e. The molecule has 0 spiro atoms. The average Bonchev–Trinajstić information content (AvgIpc) is 2.86. The first-order valence-electron chi connectivity index (χ1n) is 6.38. The smallest absolute Gasteiger partial charge is 0.147 e. The van der Waals surface area contributed by atoms with Crippen LogP contribution in [0.25, 0.3) is 0 Å². The van der Waals surface area contributed by atoms with E-state index in [9.17, 15) is 5.11 Å². The van der Waals surface area contributed by atoms with Crippen LogP contribution in [0.3, 0.4) is 0 Å². The minimum absolute atomic E-state index is 0.107. The van der Waals surface area contributed by atoms with Gasteiger partial charge in [0.2, 0.25) is 0 Å². The third kappa shape index (κ3) is 1.80. The van der Waals surface area contributed by atoms with E-state index in [0.29, 0.717) is 11.8 Å². The number of aliphatic hydroxyl groups excluding tert-OH is 1. The Morgan fingerprint density at radius 3 is 2.76 bits per heavy atom. The van der Waals surface area contributed by atoms with E-state index in [-0.39, 0.29) is 6.10 Å². The minimum atomic E-state index is -0.107. The summed E-state index contributed by atoms with van der Waals surface area (Å²) in [5, 5.41) is 9.90. The van der Waals surface area contributed by atoms with Gasteiger partial charge in [-0.15, -0.1) is 0 Å². The molecule has 4 heteroatoms. The minimum Gasteiger partial charge on any atom is -0.393 e. The van der Waals surface area contributed by atoms with Crippen molar-refractivity contribution in [1.82, 2.24) is 9.97 Å². The molecule has 17 heavy (non-hydrogen) atoms. The molecule has 4 nitrogen and oxygen atoms in total. The SMILES string of the molecule is Cc1ncc(N2CC3CCC(O)C3C2)nc1C. The summed E-state index contributed by atoms with van der Waals surface area (Å²) in [6, 6.07) is 0. The van der Waals surface area contributed by atoms with Crippen molar-refractivity contribution < 1.29 is 5.11 Å². The maximum absolute atomic E-state index is 9.90. The summed E-state index contributed by atoms with van der Waals surface area (Å²) in [6.07, 6.45) is 3.88. The van der Waals surface area contributed by atoms with Gasteiger partial charge in [0.25, 0.3) is 0 Å². The van der Waals surface area contributed by atoms with Gasteiger partial charge in [-0.2, -0.15) is 0 Å². The van der Waals surface area contributed by atoms with Crippen LogP contribution < -0.4 is 4.90 Å². The third-order valence-electron chi connectivity index (χ3n) is 4.32. The van der Waals surface area contributed by atoms with Gasteiger partial charge in [0, 0.05) is 19.0 Å². The number of nitrogens with zero attached hydrogens (tertiary/aromatic N) is 3. The number of rotatable bonds is 1. The maximum Gasteiger partial charge on any atom is 0.147 e. The number of aromatic nitrogens is 2. The molecule has 2 fully saturated rings. The highest BCUT2D eigenvalue weighted by molar-refractivity contribution is 5.39. The van der Waals surface area contributed by atoms with Gasteiger partial charge < -0.3 is 10.0 Å². The molecule has 3 atom stereocenters. The predicted molar refractivity (Wildman–Crippen MR) is 65.9 cm³/mol. The van der Waals surface area contributed by atoms with Crippen molar-refractivity contribution >= 4 is 5.82 Å². The molecule has 1 aromatic rings. The zero-order valence-corrected chi connectivity index (χ0v) is 10.4. The van der Waals surface area contributed by atoms with E-state index >= 15 is 0 Å². The lowest BCUT2D eigenvalue weighted by atomic mass is 10.00. The molecular formula is C13H19N3O. The van der Waals surface area contributed by atoms with Gasteiger partial charge in [-0.1, -0.05) is 0 Å². The quantitative estimate of drug-likeness (QED) is 0.794. The van der Waals surface area contributed by atoms with Crippen LogP contribution in [0, 0.1) is 25.7 Å². The Kier molecular flexibility index (Phi) is 2.54. The van der Waals surface area contributed by atoms with Gasteiger partial charge in [-0.25, -0.2) is 4.98 Å². The van der Waals surface area contributed by atoms with Crippen LogP contribution in [0.4, 0.5) is 5.82 Å². The predicted octanol–water partition coefficient (Wildman–Crippen LogP) is 1.30. The monoisotopic (exact) mass is 233 g/mol. The second-order valence-electron chi connectivity index (χ2n) is 5.37.